The Bertz CT molecular complexity index is 1550. The Balaban J connectivity index is 1.25. The second-order valence-electron chi connectivity index (χ2n) is 8.77. The second-order valence-corrected chi connectivity index (χ2v) is 10.8. The van der Waals surface area contributed by atoms with Gasteiger partial charge in [0.25, 0.3) is 0 Å². The Labute approximate surface area is 203 Å². The Kier molecular flexibility index (Phi) is 6.10. The summed E-state index contributed by atoms with van der Waals surface area (Å²) in [4.78, 5) is 25.4. The lowest BCUT2D eigenvalue weighted by atomic mass is 9.98. The van der Waals surface area contributed by atoms with Crippen molar-refractivity contribution >= 4 is 26.4 Å². The topological polar surface area (TPSA) is 114 Å². The Morgan fingerprint density at radius 3 is 2.57 bits per heavy atom. The molecule has 1 fully saturated rings. The van der Waals surface area contributed by atoms with E-state index in [-0.39, 0.29) is 40.5 Å². The normalized spacial score (nSPS) is 17.1. The van der Waals surface area contributed by atoms with Gasteiger partial charge in [-0.1, -0.05) is 30.3 Å². The highest BCUT2D eigenvalue weighted by Crippen LogP contribution is 2.48. The molecule has 2 aromatic carbocycles. The zero-order chi connectivity index (χ0) is 24.4. The number of rotatable bonds is 8. The van der Waals surface area contributed by atoms with Gasteiger partial charge in [0.2, 0.25) is 0 Å². The van der Waals surface area contributed by atoms with Crippen molar-refractivity contribution in [2.75, 3.05) is 0 Å². The molecule has 35 heavy (non-hydrogen) atoms. The monoisotopic (exact) mass is 482 g/mol. The number of hydrogen-bond donors (Lipinski definition) is 0. The molecule has 7 nitrogen and oxygen atoms in total. The van der Waals surface area contributed by atoms with E-state index in [2.05, 4.69) is 21.0 Å². The predicted molar refractivity (Wildman–Crippen MR) is 130 cm³/mol. The summed E-state index contributed by atoms with van der Waals surface area (Å²) in [6.45, 7) is 0. The van der Waals surface area contributed by atoms with Gasteiger partial charge in [0, 0.05) is 42.5 Å². The summed E-state index contributed by atoms with van der Waals surface area (Å²) in [7, 11) is -3.55. The number of nitriles is 1. The standard InChI is InChI=1S/C27H22N4O3S/c28-9-8-21-16-29-15-20-3-2-18(12-23(20)21)13-26(32)25-14-24(25)19-4-6-22(7-5-19)35(33,34)17-27-30-10-1-11-31-27/h1-7,10-12,15-16,24-25H,8,13-14,17H2/t24?,25-/m1/s1. The van der Waals surface area contributed by atoms with Crippen molar-refractivity contribution in [3.05, 3.63) is 95.8 Å². The number of aromatic nitrogens is 3. The first-order valence-corrected chi connectivity index (χ1v) is 12.9. The molecule has 1 unspecified atom stereocenters. The minimum Gasteiger partial charge on any atom is -0.299 e. The molecule has 1 aliphatic rings. The lowest BCUT2D eigenvalue weighted by molar-refractivity contribution is -0.119. The van der Waals surface area contributed by atoms with Gasteiger partial charge < -0.3 is 0 Å². The molecule has 8 heteroatoms. The van der Waals surface area contributed by atoms with Crippen LogP contribution in [0.15, 0.2) is 78.2 Å². The van der Waals surface area contributed by atoms with E-state index in [1.54, 1.807) is 42.7 Å². The number of pyridine rings is 1. The lowest BCUT2D eigenvalue weighted by Gasteiger charge is -2.07. The number of hydrogen-bond acceptors (Lipinski definition) is 7. The SMILES string of the molecule is N#CCc1cncc2ccc(CC(=O)[C@@H]3CC3c3ccc(S(=O)(=O)Cc4ncccn4)cc3)cc12. The van der Waals surface area contributed by atoms with Gasteiger partial charge in [0.15, 0.2) is 9.84 Å². The summed E-state index contributed by atoms with van der Waals surface area (Å²) in [6, 6.07) is 16.5. The summed E-state index contributed by atoms with van der Waals surface area (Å²) in [5.41, 5.74) is 2.75. The molecule has 1 aliphatic carbocycles. The van der Waals surface area contributed by atoms with Gasteiger partial charge in [-0.3, -0.25) is 9.78 Å². The maximum Gasteiger partial charge on any atom is 0.185 e. The average Bonchev–Trinajstić information content (AvgIpc) is 3.66. The fraction of sp³-hybridized carbons (Fsp3) is 0.222. The number of nitrogens with zero attached hydrogens (tertiary/aromatic N) is 4. The van der Waals surface area contributed by atoms with E-state index in [0.29, 0.717) is 6.42 Å². The van der Waals surface area contributed by atoms with Crippen LogP contribution in [0.1, 0.15) is 34.9 Å². The van der Waals surface area contributed by atoms with Gasteiger partial charge in [0.05, 0.1) is 17.4 Å². The maximum atomic E-state index is 13.0. The van der Waals surface area contributed by atoms with Crippen molar-refractivity contribution < 1.29 is 13.2 Å². The van der Waals surface area contributed by atoms with Crippen LogP contribution in [0.2, 0.25) is 0 Å². The first kappa shape index (κ1) is 22.8. The zero-order valence-electron chi connectivity index (χ0n) is 18.8. The number of sulfone groups is 1. The summed E-state index contributed by atoms with van der Waals surface area (Å²) < 4.78 is 25.4. The first-order chi connectivity index (χ1) is 16.9. The van der Waals surface area contributed by atoms with Crippen molar-refractivity contribution in [1.29, 1.82) is 5.26 Å². The molecule has 2 aromatic heterocycles. The summed E-state index contributed by atoms with van der Waals surface area (Å²) >= 11 is 0. The summed E-state index contributed by atoms with van der Waals surface area (Å²) in [6.07, 6.45) is 7.86. The highest BCUT2D eigenvalue weighted by Gasteiger charge is 2.43. The van der Waals surface area contributed by atoms with Gasteiger partial charge in [-0.05, 0) is 52.6 Å². The van der Waals surface area contributed by atoms with Crippen LogP contribution >= 0.6 is 0 Å². The minimum atomic E-state index is -3.55. The van der Waals surface area contributed by atoms with Crippen molar-refractivity contribution in [3.63, 3.8) is 0 Å². The van der Waals surface area contributed by atoms with Gasteiger partial charge in [-0.15, -0.1) is 0 Å². The summed E-state index contributed by atoms with van der Waals surface area (Å²) in [5.74, 6) is 0.213. The molecule has 0 bridgehead atoms. The molecule has 0 radical (unpaired) electrons. The number of benzene rings is 2. The molecule has 0 spiro atoms. The van der Waals surface area contributed by atoms with Crippen LogP contribution in [0.5, 0.6) is 0 Å². The van der Waals surface area contributed by atoms with Crippen molar-refractivity contribution in [1.82, 2.24) is 15.0 Å². The molecule has 4 aromatic rings. The van der Waals surface area contributed by atoms with E-state index in [0.717, 1.165) is 33.9 Å². The van der Waals surface area contributed by atoms with E-state index in [9.17, 15) is 13.2 Å². The number of carbonyl (C=O) groups is 1. The third kappa shape index (κ3) is 4.96. The Morgan fingerprint density at radius 2 is 1.83 bits per heavy atom. The van der Waals surface area contributed by atoms with Crippen LogP contribution in [-0.4, -0.2) is 29.2 Å². The van der Waals surface area contributed by atoms with E-state index in [4.69, 9.17) is 5.26 Å². The number of carbonyl (C=O) groups excluding carboxylic acids is 1. The van der Waals surface area contributed by atoms with E-state index in [1.165, 1.54) is 12.4 Å². The molecule has 0 N–H and O–H groups in total. The minimum absolute atomic E-state index is 0.0677. The molecule has 174 valence electrons. The van der Waals surface area contributed by atoms with Crippen molar-refractivity contribution in [3.8, 4) is 6.07 Å². The smallest absolute Gasteiger partial charge is 0.185 e. The Hall–Kier alpha value is -3.96. The number of fused-ring (bicyclic) bond motifs is 1. The van der Waals surface area contributed by atoms with E-state index >= 15 is 0 Å². The molecule has 2 atom stereocenters. The van der Waals surface area contributed by atoms with Crippen molar-refractivity contribution in [2.45, 2.75) is 35.8 Å². The van der Waals surface area contributed by atoms with Gasteiger partial charge in [-0.25, -0.2) is 18.4 Å². The van der Waals surface area contributed by atoms with Crippen LogP contribution in [0, 0.1) is 17.2 Å². The molecule has 1 saturated carbocycles. The summed E-state index contributed by atoms with van der Waals surface area (Å²) in [5, 5.41) is 11.0. The van der Waals surface area contributed by atoms with E-state index < -0.39 is 9.84 Å². The predicted octanol–water partition coefficient (Wildman–Crippen LogP) is 3.98. The third-order valence-corrected chi connectivity index (χ3v) is 7.99. The Morgan fingerprint density at radius 1 is 1.06 bits per heavy atom. The molecular weight excluding hydrogens is 460 g/mol. The highest BCUT2D eigenvalue weighted by atomic mass is 32.2. The fourth-order valence-corrected chi connectivity index (χ4v) is 5.65. The third-order valence-electron chi connectivity index (χ3n) is 6.37. The van der Waals surface area contributed by atoms with Gasteiger partial charge in [-0.2, -0.15) is 5.26 Å². The fourth-order valence-electron chi connectivity index (χ4n) is 4.44. The quantitative estimate of drug-likeness (QED) is 0.373. The highest BCUT2D eigenvalue weighted by molar-refractivity contribution is 7.90. The van der Waals surface area contributed by atoms with Crippen LogP contribution < -0.4 is 0 Å². The van der Waals surface area contributed by atoms with Crippen LogP contribution in [0.3, 0.4) is 0 Å². The zero-order valence-corrected chi connectivity index (χ0v) is 19.6. The largest absolute Gasteiger partial charge is 0.299 e. The van der Waals surface area contributed by atoms with Crippen LogP contribution in [0.4, 0.5) is 0 Å². The first-order valence-electron chi connectivity index (χ1n) is 11.3. The maximum absolute atomic E-state index is 13.0. The molecule has 0 saturated heterocycles. The van der Waals surface area contributed by atoms with Gasteiger partial charge >= 0.3 is 0 Å². The molecule has 5 rings (SSSR count). The molecule has 0 amide bonds. The lowest BCUT2D eigenvalue weighted by Crippen LogP contribution is -2.08. The molecule has 0 aliphatic heterocycles. The number of ketones is 1. The van der Waals surface area contributed by atoms with Crippen LogP contribution in [0.25, 0.3) is 10.8 Å². The molecular formula is C27H22N4O3S. The van der Waals surface area contributed by atoms with Crippen LogP contribution in [-0.2, 0) is 33.2 Å². The van der Waals surface area contributed by atoms with E-state index in [1.807, 2.05) is 18.2 Å². The second kappa shape index (κ2) is 9.35. The average molecular weight is 483 g/mol. The molecule has 2 heterocycles. The number of Topliss-reactive ketones (excluding diaryl/α,β-unsaturated/α-hetero) is 1. The van der Waals surface area contributed by atoms with Crippen molar-refractivity contribution in [2.24, 2.45) is 5.92 Å². The van der Waals surface area contributed by atoms with Gasteiger partial charge in [0.1, 0.15) is 17.4 Å².